The minimum atomic E-state index is -3.68. The van der Waals surface area contributed by atoms with E-state index in [1.165, 1.54) is 24.3 Å². The van der Waals surface area contributed by atoms with Crippen molar-refractivity contribution in [2.75, 3.05) is 0 Å². The molecule has 4 aromatic carbocycles. The molecule has 2 N–H and O–H groups in total. The molecule has 0 heterocycles. The largest absolute Gasteiger partial charge is 0.508 e. The van der Waals surface area contributed by atoms with E-state index in [2.05, 4.69) is 9.98 Å². The average molecular weight is 457 g/mol. The van der Waals surface area contributed by atoms with Gasteiger partial charge in [-0.25, -0.2) is 8.42 Å². The Kier molecular flexibility index (Phi) is 6.33. The number of rotatable bonds is 6. The van der Waals surface area contributed by atoms with Gasteiger partial charge in [0.05, 0.1) is 21.2 Å². The molecule has 0 amide bonds. The van der Waals surface area contributed by atoms with Gasteiger partial charge in [0, 0.05) is 12.4 Å². The maximum absolute atomic E-state index is 13.0. The van der Waals surface area contributed by atoms with E-state index in [0.717, 1.165) is 11.1 Å². The first-order valence-corrected chi connectivity index (χ1v) is 11.5. The molecule has 0 bridgehead atoms. The SMILES string of the molecule is O=S(=O)(c1ccc(N=Cc2ccc(O)cc2)cc1)c1ccc(N=Cc2ccc(O)cc2)cc1. The summed E-state index contributed by atoms with van der Waals surface area (Å²) in [7, 11) is -3.68. The van der Waals surface area contributed by atoms with Crippen LogP contribution in [0.5, 0.6) is 11.5 Å². The van der Waals surface area contributed by atoms with Crippen LogP contribution in [0.2, 0.25) is 0 Å². The number of hydrogen-bond donors (Lipinski definition) is 2. The molecule has 4 rings (SSSR count). The molecule has 0 spiro atoms. The summed E-state index contributed by atoms with van der Waals surface area (Å²) in [6.07, 6.45) is 3.28. The van der Waals surface area contributed by atoms with E-state index in [1.54, 1.807) is 85.2 Å². The molecule has 0 aliphatic rings. The maximum Gasteiger partial charge on any atom is 0.206 e. The molecule has 0 fully saturated rings. The summed E-state index contributed by atoms with van der Waals surface area (Å²) in [4.78, 5) is 9.01. The van der Waals surface area contributed by atoms with Crippen molar-refractivity contribution in [1.82, 2.24) is 0 Å². The van der Waals surface area contributed by atoms with Crippen LogP contribution in [0.25, 0.3) is 0 Å². The normalized spacial score (nSPS) is 11.9. The molecular formula is C26H20N2O4S. The van der Waals surface area contributed by atoms with E-state index in [1.807, 2.05) is 0 Å². The molecule has 164 valence electrons. The third-order valence-corrected chi connectivity index (χ3v) is 6.59. The molecule has 7 heteroatoms. The van der Waals surface area contributed by atoms with Gasteiger partial charge in [-0.15, -0.1) is 0 Å². The number of benzene rings is 4. The number of nitrogens with zero attached hydrogens (tertiary/aromatic N) is 2. The first-order valence-electron chi connectivity index (χ1n) is 10.0. The highest BCUT2D eigenvalue weighted by Gasteiger charge is 2.17. The number of sulfone groups is 1. The minimum Gasteiger partial charge on any atom is -0.508 e. The first-order chi connectivity index (χ1) is 15.9. The van der Waals surface area contributed by atoms with Crippen molar-refractivity contribution >= 4 is 33.6 Å². The lowest BCUT2D eigenvalue weighted by Gasteiger charge is -2.05. The Labute approximate surface area is 191 Å². The highest BCUT2D eigenvalue weighted by molar-refractivity contribution is 7.91. The van der Waals surface area contributed by atoms with Gasteiger partial charge in [-0.2, -0.15) is 0 Å². The molecule has 0 aliphatic heterocycles. The van der Waals surface area contributed by atoms with Gasteiger partial charge in [0.2, 0.25) is 9.84 Å². The van der Waals surface area contributed by atoms with Gasteiger partial charge in [-0.3, -0.25) is 9.98 Å². The summed E-state index contributed by atoms with van der Waals surface area (Å²) >= 11 is 0. The quantitative estimate of drug-likeness (QED) is 0.378. The van der Waals surface area contributed by atoms with Gasteiger partial charge in [-0.05, 0) is 108 Å². The fraction of sp³-hybridized carbons (Fsp3) is 0. The third-order valence-electron chi connectivity index (χ3n) is 4.81. The Morgan fingerprint density at radius 3 is 1.18 bits per heavy atom. The van der Waals surface area contributed by atoms with Gasteiger partial charge in [0.15, 0.2) is 0 Å². The monoisotopic (exact) mass is 456 g/mol. The van der Waals surface area contributed by atoms with Crippen LogP contribution in [0.4, 0.5) is 11.4 Å². The molecule has 0 atom stereocenters. The van der Waals surface area contributed by atoms with Gasteiger partial charge in [-0.1, -0.05) is 0 Å². The van der Waals surface area contributed by atoms with E-state index >= 15 is 0 Å². The molecule has 33 heavy (non-hydrogen) atoms. The molecule has 0 radical (unpaired) electrons. The molecule has 0 saturated carbocycles. The van der Waals surface area contributed by atoms with Crippen molar-refractivity contribution in [2.24, 2.45) is 9.98 Å². The Morgan fingerprint density at radius 1 is 0.515 bits per heavy atom. The second-order valence-corrected chi connectivity index (χ2v) is 9.14. The summed E-state index contributed by atoms with van der Waals surface area (Å²) in [6.45, 7) is 0. The summed E-state index contributed by atoms with van der Waals surface area (Å²) in [6, 6.07) is 25.9. The lowest BCUT2D eigenvalue weighted by molar-refractivity contribution is 0.475. The van der Waals surface area contributed by atoms with Gasteiger partial charge in [0.1, 0.15) is 11.5 Å². The number of phenolic OH excluding ortho intramolecular Hbond substituents is 2. The van der Waals surface area contributed by atoms with Gasteiger partial charge in [0.25, 0.3) is 0 Å². The topological polar surface area (TPSA) is 99.3 Å². The minimum absolute atomic E-state index is 0.173. The molecule has 0 saturated heterocycles. The van der Waals surface area contributed by atoms with Crippen molar-refractivity contribution in [3.05, 3.63) is 108 Å². The van der Waals surface area contributed by atoms with Crippen LogP contribution in [0.1, 0.15) is 11.1 Å². The second-order valence-electron chi connectivity index (χ2n) is 7.19. The zero-order chi connectivity index (χ0) is 23.3. The van der Waals surface area contributed by atoms with Crippen molar-refractivity contribution in [3.8, 4) is 11.5 Å². The first kappa shape index (κ1) is 22.0. The van der Waals surface area contributed by atoms with E-state index in [9.17, 15) is 18.6 Å². The van der Waals surface area contributed by atoms with Crippen molar-refractivity contribution in [2.45, 2.75) is 9.79 Å². The van der Waals surface area contributed by atoms with Crippen LogP contribution in [0, 0.1) is 0 Å². The summed E-state index contributed by atoms with van der Waals surface area (Å²) in [5.41, 5.74) is 2.86. The molecule has 0 unspecified atom stereocenters. The van der Waals surface area contributed by atoms with Crippen LogP contribution in [-0.2, 0) is 9.84 Å². The Balaban J connectivity index is 1.47. The zero-order valence-electron chi connectivity index (χ0n) is 17.4. The lowest BCUT2D eigenvalue weighted by atomic mass is 10.2. The summed E-state index contributed by atoms with van der Waals surface area (Å²) in [5, 5.41) is 18.6. The molecule has 0 aliphatic carbocycles. The predicted octanol–water partition coefficient (Wildman–Crippen LogP) is 5.43. The van der Waals surface area contributed by atoms with E-state index in [-0.39, 0.29) is 21.3 Å². The number of aromatic hydroxyl groups is 2. The summed E-state index contributed by atoms with van der Waals surface area (Å²) in [5.74, 6) is 0.359. The van der Waals surface area contributed by atoms with Crippen molar-refractivity contribution in [3.63, 3.8) is 0 Å². The van der Waals surface area contributed by atoms with Crippen molar-refractivity contribution < 1.29 is 18.6 Å². The van der Waals surface area contributed by atoms with E-state index < -0.39 is 9.84 Å². The third kappa shape index (κ3) is 5.53. The molecule has 0 aromatic heterocycles. The van der Waals surface area contributed by atoms with Gasteiger partial charge >= 0.3 is 0 Å². The fourth-order valence-electron chi connectivity index (χ4n) is 2.98. The standard InChI is InChI=1S/C26H20N2O4S/c29-23-9-1-19(2-10-23)17-27-21-5-13-25(14-6-21)33(31,32)26-15-7-22(8-16-26)28-18-20-3-11-24(30)12-4-20/h1-18,29-30H. The maximum atomic E-state index is 13.0. The number of aliphatic imine (C=N–C) groups is 2. The fourth-order valence-corrected chi connectivity index (χ4v) is 4.24. The van der Waals surface area contributed by atoms with Gasteiger partial charge < -0.3 is 10.2 Å². The average Bonchev–Trinajstić information content (AvgIpc) is 2.84. The van der Waals surface area contributed by atoms with Crippen LogP contribution in [0.3, 0.4) is 0 Å². The van der Waals surface area contributed by atoms with Crippen LogP contribution >= 0.6 is 0 Å². The summed E-state index contributed by atoms with van der Waals surface area (Å²) < 4.78 is 25.9. The Morgan fingerprint density at radius 2 is 0.848 bits per heavy atom. The van der Waals surface area contributed by atoms with Crippen LogP contribution < -0.4 is 0 Å². The second kappa shape index (κ2) is 9.50. The number of hydrogen-bond acceptors (Lipinski definition) is 6. The molecule has 4 aromatic rings. The molecular weight excluding hydrogens is 436 g/mol. The van der Waals surface area contributed by atoms with E-state index in [0.29, 0.717) is 11.4 Å². The van der Waals surface area contributed by atoms with Crippen LogP contribution in [0.15, 0.2) is 117 Å². The highest BCUT2D eigenvalue weighted by Crippen LogP contribution is 2.25. The van der Waals surface area contributed by atoms with E-state index in [4.69, 9.17) is 0 Å². The lowest BCUT2D eigenvalue weighted by Crippen LogP contribution is -2.01. The highest BCUT2D eigenvalue weighted by atomic mass is 32.2. The zero-order valence-corrected chi connectivity index (χ0v) is 18.2. The molecule has 6 nitrogen and oxygen atoms in total. The Bertz CT molecular complexity index is 1290. The van der Waals surface area contributed by atoms with Crippen molar-refractivity contribution in [1.29, 1.82) is 0 Å². The Hall–Kier alpha value is -4.23. The predicted molar refractivity (Wildman–Crippen MR) is 129 cm³/mol. The smallest absolute Gasteiger partial charge is 0.206 e. The number of phenols is 2. The van der Waals surface area contributed by atoms with Crippen LogP contribution in [-0.4, -0.2) is 31.1 Å².